The van der Waals surface area contributed by atoms with Crippen LogP contribution in [0.5, 0.6) is 5.75 Å². The fourth-order valence-electron chi connectivity index (χ4n) is 6.52. The number of anilines is 1. The van der Waals surface area contributed by atoms with Gasteiger partial charge in [-0.15, -0.1) is 0 Å². The van der Waals surface area contributed by atoms with Crippen molar-refractivity contribution in [1.82, 2.24) is 15.1 Å². The number of aliphatic imine (C=N–C) groups is 2. The van der Waals surface area contributed by atoms with Gasteiger partial charge in [-0.05, 0) is 68.2 Å². The van der Waals surface area contributed by atoms with E-state index in [1.807, 2.05) is 19.1 Å². The van der Waals surface area contributed by atoms with Crippen LogP contribution in [0, 0.1) is 24.5 Å². The van der Waals surface area contributed by atoms with Crippen LogP contribution < -0.4 is 15.4 Å². The van der Waals surface area contributed by atoms with Crippen molar-refractivity contribution in [3.63, 3.8) is 0 Å². The largest absolute Gasteiger partial charge is 0.494 e. The number of aliphatic hydroxyl groups is 1. The van der Waals surface area contributed by atoms with Crippen molar-refractivity contribution in [2.45, 2.75) is 44.8 Å². The molecule has 4 aliphatic heterocycles. The molecular formula is C34H38F2N6O4. The first-order valence-electron chi connectivity index (χ1n) is 15.5. The maximum atomic E-state index is 15.0. The maximum absolute atomic E-state index is 15.0. The van der Waals surface area contributed by atoms with Crippen LogP contribution >= 0.6 is 0 Å². The molecule has 0 aliphatic carbocycles. The second-order valence-corrected chi connectivity index (χ2v) is 12.4. The number of amides is 2. The van der Waals surface area contributed by atoms with Gasteiger partial charge in [0.1, 0.15) is 0 Å². The lowest BCUT2D eigenvalue weighted by molar-refractivity contribution is -0.134. The van der Waals surface area contributed by atoms with Gasteiger partial charge in [0.2, 0.25) is 11.7 Å². The molecule has 0 radical (unpaired) electrons. The zero-order valence-corrected chi connectivity index (χ0v) is 26.1. The average Bonchev–Trinajstić information content (AvgIpc) is 3.62. The number of ether oxygens (including phenoxy) is 1. The minimum absolute atomic E-state index is 0.0406. The number of nitrogens with zero attached hydrogens (tertiary/aromatic N) is 4. The molecule has 0 saturated carbocycles. The zero-order valence-electron chi connectivity index (χ0n) is 26.1. The van der Waals surface area contributed by atoms with Crippen molar-refractivity contribution in [3.05, 3.63) is 77.1 Å². The van der Waals surface area contributed by atoms with Crippen LogP contribution in [0.2, 0.25) is 0 Å². The molecule has 1 unspecified atom stereocenters. The monoisotopic (exact) mass is 632 g/mol. The highest BCUT2D eigenvalue weighted by Gasteiger charge is 2.39. The summed E-state index contributed by atoms with van der Waals surface area (Å²) in [5, 5.41) is 16.6. The molecule has 3 N–H and O–H groups in total. The molecule has 0 bridgehead atoms. The zero-order chi connectivity index (χ0) is 32.6. The summed E-state index contributed by atoms with van der Waals surface area (Å²) in [5.41, 5.74) is 2.48. The molecule has 2 saturated heterocycles. The number of allylic oxidation sites excluding steroid dienone is 2. The molecule has 4 heterocycles. The van der Waals surface area contributed by atoms with Crippen LogP contribution in [-0.4, -0.2) is 89.7 Å². The lowest BCUT2D eigenvalue weighted by atomic mass is 9.86. The van der Waals surface area contributed by atoms with E-state index >= 15 is 4.39 Å². The number of nitrogens with one attached hydrogen (secondary N) is 2. The Morgan fingerprint density at radius 3 is 2.54 bits per heavy atom. The first-order valence-corrected chi connectivity index (χ1v) is 15.5. The first kappa shape index (κ1) is 31.6. The van der Waals surface area contributed by atoms with E-state index in [0.29, 0.717) is 80.4 Å². The molecule has 2 amide bonds. The van der Waals surface area contributed by atoms with Gasteiger partial charge < -0.3 is 30.3 Å². The number of amidine groups is 1. The Balaban J connectivity index is 1.12. The number of carbonyl (C=O) groups excluding carboxylic acids is 2. The van der Waals surface area contributed by atoms with Crippen molar-refractivity contribution in [1.29, 1.82) is 0 Å². The van der Waals surface area contributed by atoms with Gasteiger partial charge in [-0.2, -0.15) is 4.39 Å². The Kier molecular flexibility index (Phi) is 8.75. The van der Waals surface area contributed by atoms with Crippen LogP contribution in [0.1, 0.15) is 47.7 Å². The number of halogens is 2. The van der Waals surface area contributed by atoms with Crippen LogP contribution in [0.4, 0.5) is 14.5 Å². The normalized spacial score (nSPS) is 26.3. The number of piperazine rings is 1. The SMILES string of the molecule is COc1ccc(C2=CN=C3/C(Nc4ccc(C(=O)N5CCN(C(=O)[C@@H]6C[C@@](C)(O)CN6)CC5)c(C)c4)=N\C=C/CCC23)c(F)c1F. The quantitative estimate of drug-likeness (QED) is 0.460. The van der Waals surface area contributed by atoms with Gasteiger partial charge >= 0.3 is 0 Å². The number of rotatable bonds is 5. The van der Waals surface area contributed by atoms with Gasteiger partial charge in [0.25, 0.3) is 5.91 Å². The van der Waals surface area contributed by atoms with E-state index in [9.17, 15) is 19.1 Å². The molecule has 3 atom stereocenters. The lowest BCUT2D eigenvalue weighted by Gasteiger charge is -2.36. The maximum Gasteiger partial charge on any atom is 0.254 e. The minimum Gasteiger partial charge on any atom is -0.494 e. The van der Waals surface area contributed by atoms with E-state index in [1.165, 1.54) is 19.2 Å². The molecule has 2 aromatic rings. The molecule has 6 rings (SSSR count). The summed E-state index contributed by atoms with van der Waals surface area (Å²) in [6.07, 6.45) is 6.90. The Labute approximate surface area is 266 Å². The van der Waals surface area contributed by atoms with Gasteiger partial charge in [0.05, 0.1) is 24.5 Å². The third-order valence-corrected chi connectivity index (χ3v) is 9.07. The van der Waals surface area contributed by atoms with E-state index in [-0.39, 0.29) is 29.0 Å². The van der Waals surface area contributed by atoms with Gasteiger partial charge in [-0.25, -0.2) is 9.38 Å². The lowest BCUT2D eigenvalue weighted by Crippen LogP contribution is -2.54. The summed E-state index contributed by atoms with van der Waals surface area (Å²) in [4.78, 5) is 39.1. The molecule has 0 aromatic heterocycles. The van der Waals surface area contributed by atoms with Gasteiger partial charge in [-0.1, -0.05) is 6.08 Å². The molecule has 242 valence electrons. The summed E-state index contributed by atoms with van der Waals surface area (Å²) in [7, 11) is 1.29. The summed E-state index contributed by atoms with van der Waals surface area (Å²) < 4.78 is 34.5. The number of fused-ring (bicyclic) bond motifs is 1. The van der Waals surface area contributed by atoms with Crippen molar-refractivity contribution < 1.29 is 28.2 Å². The molecule has 2 fully saturated rings. The smallest absolute Gasteiger partial charge is 0.254 e. The van der Waals surface area contributed by atoms with Crippen LogP contribution in [0.25, 0.3) is 5.57 Å². The molecule has 0 spiro atoms. The average molecular weight is 633 g/mol. The Morgan fingerprint density at radius 1 is 1.09 bits per heavy atom. The molecule has 12 heteroatoms. The van der Waals surface area contributed by atoms with Crippen LogP contribution in [0.3, 0.4) is 0 Å². The van der Waals surface area contributed by atoms with Gasteiger partial charge in [0.15, 0.2) is 17.4 Å². The fourth-order valence-corrected chi connectivity index (χ4v) is 6.52. The summed E-state index contributed by atoms with van der Waals surface area (Å²) in [6.45, 7) is 5.68. The molecular weight excluding hydrogens is 594 g/mol. The molecule has 46 heavy (non-hydrogen) atoms. The number of methoxy groups -OCH3 is 1. The second-order valence-electron chi connectivity index (χ2n) is 12.4. The second kappa shape index (κ2) is 12.8. The number of hydrogen-bond acceptors (Lipinski definition) is 8. The standard InChI is InChI=1S/C34H38F2N6O4/c1-20-16-21(7-8-22(20)32(43)41-12-14-42(15-13-41)33(44)26-17-34(2,45)19-39-26)40-31-30-24(6-4-5-11-37-31)25(18-38-30)23-9-10-27(46-3)29(36)28(23)35/h5,7-11,16,18,24,26,39,45H,4,6,12-15,17,19H2,1-3H3,(H,37,40)/b11-5-/t24?,26-,34+/m0/s1. The number of hydrogen-bond donors (Lipinski definition) is 3. The predicted octanol–water partition coefficient (Wildman–Crippen LogP) is 3.91. The van der Waals surface area contributed by atoms with Crippen molar-refractivity contribution >= 4 is 34.6 Å². The van der Waals surface area contributed by atoms with E-state index in [4.69, 9.17) is 4.74 Å². The van der Waals surface area contributed by atoms with Gasteiger partial charge in [0, 0.05) is 74.3 Å². The highest BCUT2D eigenvalue weighted by atomic mass is 19.2. The Morgan fingerprint density at radius 2 is 1.85 bits per heavy atom. The third-order valence-electron chi connectivity index (χ3n) is 9.07. The number of benzene rings is 2. The van der Waals surface area contributed by atoms with E-state index in [1.54, 1.807) is 41.3 Å². The van der Waals surface area contributed by atoms with Crippen molar-refractivity contribution in [2.24, 2.45) is 15.9 Å². The molecule has 2 aromatic carbocycles. The first-order chi connectivity index (χ1) is 22.1. The highest BCUT2D eigenvalue weighted by Crippen LogP contribution is 2.38. The summed E-state index contributed by atoms with van der Waals surface area (Å²) in [6, 6.07) is 7.96. The topological polar surface area (TPSA) is 119 Å². The predicted molar refractivity (Wildman–Crippen MR) is 172 cm³/mol. The summed E-state index contributed by atoms with van der Waals surface area (Å²) >= 11 is 0. The minimum atomic E-state index is -1.04. The van der Waals surface area contributed by atoms with Crippen LogP contribution in [0.15, 0.2) is 58.8 Å². The van der Waals surface area contributed by atoms with E-state index in [2.05, 4.69) is 20.6 Å². The van der Waals surface area contributed by atoms with E-state index in [0.717, 1.165) is 5.56 Å². The summed E-state index contributed by atoms with van der Waals surface area (Å²) in [5.74, 6) is -2.14. The van der Waals surface area contributed by atoms with Crippen LogP contribution in [-0.2, 0) is 4.79 Å². The number of aryl methyl sites for hydroxylation is 1. The Bertz CT molecular complexity index is 1680. The number of β-amino-alcohol motifs (C(OH)–C–C–N with tert-alkyl or cyclic N) is 1. The molecule has 10 nitrogen and oxygen atoms in total. The van der Waals surface area contributed by atoms with Crippen molar-refractivity contribution in [2.75, 3.05) is 45.2 Å². The van der Waals surface area contributed by atoms with Crippen molar-refractivity contribution in [3.8, 4) is 5.75 Å². The number of carbonyl (C=O) groups is 2. The van der Waals surface area contributed by atoms with E-state index < -0.39 is 23.3 Å². The highest BCUT2D eigenvalue weighted by molar-refractivity contribution is 6.48. The third kappa shape index (κ3) is 6.19. The molecule has 4 aliphatic rings. The van der Waals surface area contributed by atoms with Gasteiger partial charge in [-0.3, -0.25) is 14.6 Å². The Hall–Kier alpha value is -4.42. The fraction of sp³-hybridized carbons (Fsp3) is 0.412.